The number of nitrogens with two attached hydrogens (primary N) is 1. The largest absolute Gasteiger partial charge is 0.496 e. The molecule has 0 aliphatic carbocycles. The topological polar surface area (TPSA) is 142 Å². The number of methoxy groups -OCH3 is 1. The van der Waals surface area contributed by atoms with Crippen molar-refractivity contribution in [3.8, 4) is 17.1 Å². The molecule has 0 saturated carbocycles. The minimum atomic E-state index is -0.660. The number of allylic oxidation sites excluding steroid dienone is 1. The molecule has 194 valence electrons. The summed E-state index contributed by atoms with van der Waals surface area (Å²) in [5.41, 5.74) is 7.10. The summed E-state index contributed by atoms with van der Waals surface area (Å²) in [5.74, 6) is -0.838. The number of nitrogen functional groups attached to an aromatic ring is 1. The summed E-state index contributed by atoms with van der Waals surface area (Å²) in [5, 5.41) is 2.62. The van der Waals surface area contributed by atoms with Crippen molar-refractivity contribution in [2.24, 2.45) is 0 Å². The van der Waals surface area contributed by atoms with Crippen LogP contribution in [-0.4, -0.2) is 33.3 Å². The molecule has 10 nitrogen and oxygen atoms in total. The first-order valence-electron chi connectivity index (χ1n) is 11.9. The van der Waals surface area contributed by atoms with Gasteiger partial charge < -0.3 is 20.2 Å². The predicted molar refractivity (Wildman–Crippen MR) is 146 cm³/mol. The molecule has 2 heterocycles. The van der Waals surface area contributed by atoms with Crippen molar-refractivity contribution in [2.75, 3.05) is 12.8 Å². The van der Waals surface area contributed by atoms with Gasteiger partial charge in [-0.25, -0.2) is 9.97 Å². The Kier molecular flexibility index (Phi) is 7.00. The van der Waals surface area contributed by atoms with Gasteiger partial charge in [-0.3, -0.25) is 19.0 Å². The van der Waals surface area contributed by atoms with Crippen molar-refractivity contribution >= 4 is 34.6 Å². The molecular formula is C29H23N5O5. The molecule has 0 unspecified atom stereocenters. The van der Waals surface area contributed by atoms with E-state index in [9.17, 15) is 14.4 Å². The zero-order valence-corrected chi connectivity index (χ0v) is 20.8. The van der Waals surface area contributed by atoms with Crippen LogP contribution in [-0.2, 0) is 11.3 Å². The van der Waals surface area contributed by atoms with Crippen molar-refractivity contribution in [1.82, 2.24) is 19.9 Å². The first-order chi connectivity index (χ1) is 18.9. The highest BCUT2D eigenvalue weighted by Gasteiger charge is 2.23. The van der Waals surface area contributed by atoms with Crippen molar-refractivity contribution < 1.29 is 18.7 Å². The molecule has 0 spiro atoms. The van der Waals surface area contributed by atoms with Gasteiger partial charge >= 0.3 is 0 Å². The maximum Gasteiger partial charge on any atom is 0.277 e. The molecule has 0 fully saturated rings. The number of aromatic nitrogens is 3. The Morgan fingerprint density at radius 3 is 2.51 bits per heavy atom. The normalized spacial score (nSPS) is 11.4. The van der Waals surface area contributed by atoms with E-state index in [0.29, 0.717) is 28.0 Å². The summed E-state index contributed by atoms with van der Waals surface area (Å²) in [6.07, 6.45) is 2.74. The maximum atomic E-state index is 13.4. The molecule has 10 heteroatoms. The van der Waals surface area contributed by atoms with Crippen LogP contribution in [0, 0.1) is 0 Å². The molecule has 0 aliphatic heterocycles. The number of para-hydroxylation sites is 3. The number of nitrogens with one attached hydrogen (secondary N) is 1. The average molecular weight is 522 g/mol. The monoisotopic (exact) mass is 521 g/mol. The maximum absolute atomic E-state index is 13.4. The number of benzene rings is 3. The number of hydrogen-bond donors (Lipinski definition) is 2. The Labute approximate surface area is 222 Å². The SMILES string of the molecule is COc1ccccc1-c1ncc(N)c(=O)n1CC(=O)NC(=Cc1ccccc1)C(=O)c1nc2ccccc2o1. The zero-order chi connectivity index (χ0) is 27.4. The number of Topliss-reactive ketones (excluding diaryl/α,β-unsaturated/α-hetero) is 1. The Balaban J connectivity index is 1.50. The van der Waals surface area contributed by atoms with Crippen LogP contribution in [0.15, 0.2) is 100.0 Å². The van der Waals surface area contributed by atoms with Gasteiger partial charge in [0.05, 0.1) is 24.6 Å². The summed E-state index contributed by atoms with van der Waals surface area (Å²) < 4.78 is 12.2. The summed E-state index contributed by atoms with van der Waals surface area (Å²) in [4.78, 5) is 48.3. The molecule has 0 atom stereocenters. The number of nitrogens with zero attached hydrogens (tertiary/aromatic N) is 3. The highest BCUT2D eigenvalue weighted by molar-refractivity contribution is 6.11. The second kappa shape index (κ2) is 10.9. The van der Waals surface area contributed by atoms with E-state index in [2.05, 4.69) is 15.3 Å². The van der Waals surface area contributed by atoms with E-state index in [1.54, 1.807) is 72.8 Å². The van der Waals surface area contributed by atoms with Crippen LogP contribution in [0.1, 0.15) is 16.2 Å². The molecule has 3 aromatic carbocycles. The van der Waals surface area contributed by atoms with Crippen LogP contribution in [0.3, 0.4) is 0 Å². The molecule has 3 N–H and O–H groups in total. The van der Waals surface area contributed by atoms with Gasteiger partial charge in [-0.2, -0.15) is 0 Å². The Morgan fingerprint density at radius 2 is 1.74 bits per heavy atom. The second-order valence-electron chi connectivity index (χ2n) is 8.46. The second-order valence-corrected chi connectivity index (χ2v) is 8.46. The van der Waals surface area contributed by atoms with E-state index in [0.717, 1.165) is 4.57 Å². The van der Waals surface area contributed by atoms with Crippen molar-refractivity contribution in [3.63, 3.8) is 0 Å². The number of fused-ring (bicyclic) bond motifs is 1. The first-order valence-corrected chi connectivity index (χ1v) is 11.9. The predicted octanol–water partition coefficient (Wildman–Crippen LogP) is 3.68. The minimum absolute atomic E-state index is 0.0819. The Morgan fingerprint density at radius 1 is 1.03 bits per heavy atom. The number of hydrogen-bond acceptors (Lipinski definition) is 8. The molecule has 39 heavy (non-hydrogen) atoms. The fraction of sp³-hybridized carbons (Fsp3) is 0.0690. The van der Waals surface area contributed by atoms with Crippen LogP contribution in [0.2, 0.25) is 0 Å². The van der Waals surface area contributed by atoms with Crippen LogP contribution in [0.25, 0.3) is 28.6 Å². The number of ether oxygens (including phenoxy) is 1. The molecule has 5 rings (SSSR count). The van der Waals surface area contributed by atoms with Gasteiger partial charge in [0.15, 0.2) is 5.58 Å². The number of carbonyl (C=O) groups is 2. The number of ketones is 1. The van der Waals surface area contributed by atoms with E-state index in [1.165, 1.54) is 19.4 Å². The molecule has 1 amide bonds. The minimum Gasteiger partial charge on any atom is -0.496 e. The van der Waals surface area contributed by atoms with Gasteiger partial charge in [-0.15, -0.1) is 0 Å². The molecule has 0 aliphatic rings. The number of oxazole rings is 1. The average Bonchev–Trinajstić information content (AvgIpc) is 3.40. The Bertz CT molecular complexity index is 1740. The van der Waals surface area contributed by atoms with Gasteiger partial charge in [0.2, 0.25) is 5.91 Å². The lowest BCUT2D eigenvalue weighted by Gasteiger charge is -2.15. The fourth-order valence-corrected chi connectivity index (χ4v) is 3.99. The lowest BCUT2D eigenvalue weighted by atomic mass is 10.1. The quantitative estimate of drug-likeness (QED) is 0.233. The third-order valence-corrected chi connectivity index (χ3v) is 5.84. The lowest BCUT2D eigenvalue weighted by Crippen LogP contribution is -2.35. The zero-order valence-electron chi connectivity index (χ0n) is 20.8. The van der Waals surface area contributed by atoms with Crippen LogP contribution < -0.4 is 21.3 Å². The van der Waals surface area contributed by atoms with E-state index >= 15 is 0 Å². The molecule has 5 aromatic rings. The van der Waals surface area contributed by atoms with Gasteiger partial charge in [0.1, 0.15) is 29.3 Å². The summed E-state index contributed by atoms with van der Waals surface area (Å²) in [7, 11) is 1.49. The number of rotatable bonds is 8. The van der Waals surface area contributed by atoms with Crippen LogP contribution in [0.5, 0.6) is 5.75 Å². The molecular weight excluding hydrogens is 498 g/mol. The highest BCUT2D eigenvalue weighted by atomic mass is 16.5. The van der Waals surface area contributed by atoms with Gasteiger partial charge in [-0.1, -0.05) is 54.6 Å². The standard InChI is InChI=1S/C29H23N5O5/c1-38-23-13-7-5-11-19(23)27-31-16-20(30)29(37)34(27)17-25(35)32-22(15-18-9-3-2-4-10-18)26(36)28-33-21-12-6-8-14-24(21)39-28/h2-16H,17,30H2,1H3,(H,32,35). The van der Waals surface area contributed by atoms with Gasteiger partial charge in [0.25, 0.3) is 17.2 Å². The van der Waals surface area contributed by atoms with E-state index in [-0.39, 0.29) is 23.1 Å². The molecule has 0 radical (unpaired) electrons. The van der Waals surface area contributed by atoms with Crippen LogP contribution >= 0.6 is 0 Å². The highest BCUT2D eigenvalue weighted by Crippen LogP contribution is 2.27. The molecule has 0 bridgehead atoms. The lowest BCUT2D eigenvalue weighted by molar-refractivity contribution is -0.120. The van der Waals surface area contributed by atoms with Crippen molar-refractivity contribution in [3.05, 3.63) is 113 Å². The number of anilines is 1. The number of amides is 1. The van der Waals surface area contributed by atoms with Gasteiger partial charge in [-0.05, 0) is 35.9 Å². The van der Waals surface area contributed by atoms with E-state index < -0.39 is 23.8 Å². The third kappa shape index (κ3) is 5.30. The smallest absolute Gasteiger partial charge is 0.277 e. The molecule has 0 saturated heterocycles. The summed E-state index contributed by atoms with van der Waals surface area (Å²) in [6, 6.07) is 22.9. The molecule has 2 aromatic heterocycles. The Hall–Kier alpha value is -5.51. The van der Waals surface area contributed by atoms with Crippen molar-refractivity contribution in [2.45, 2.75) is 6.54 Å². The fourth-order valence-electron chi connectivity index (χ4n) is 3.99. The van der Waals surface area contributed by atoms with Gasteiger partial charge in [0, 0.05) is 0 Å². The first kappa shape index (κ1) is 25.2. The third-order valence-electron chi connectivity index (χ3n) is 5.84. The summed E-state index contributed by atoms with van der Waals surface area (Å²) in [6.45, 7) is -0.475. The van der Waals surface area contributed by atoms with E-state index in [4.69, 9.17) is 14.9 Å². The summed E-state index contributed by atoms with van der Waals surface area (Å²) >= 11 is 0. The van der Waals surface area contributed by atoms with Crippen LogP contribution in [0.4, 0.5) is 5.69 Å². The van der Waals surface area contributed by atoms with E-state index in [1.807, 2.05) is 6.07 Å². The number of carbonyl (C=O) groups excluding carboxylic acids is 2. The van der Waals surface area contributed by atoms with Crippen molar-refractivity contribution in [1.29, 1.82) is 0 Å².